The maximum Gasteiger partial charge on any atom is 0.211 e. The molecule has 0 aromatic rings. The SMILES string of the molecule is CCS(=O)(=O)NCCCN[C@@H]1[C@H]2CCCO[C@H]2C1(C)C. The van der Waals surface area contributed by atoms with Crippen LogP contribution in [-0.4, -0.2) is 46.0 Å². The molecule has 1 saturated carbocycles. The number of rotatable bonds is 7. The fourth-order valence-electron chi connectivity index (χ4n) is 3.61. The summed E-state index contributed by atoms with van der Waals surface area (Å²) in [4.78, 5) is 0. The zero-order valence-electron chi connectivity index (χ0n) is 12.8. The topological polar surface area (TPSA) is 67.4 Å². The molecule has 3 atom stereocenters. The summed E-state index contributed by atoms with van der Waals surface area (Å²) < 4.78 is 31.1. The Bertz CT molecular complexity index is 422. The molecule has 118 valence electrons. The van der Waals surface area contributed by atoms with Crippen LogP contribution in [0.15, 0.2) is 0 Å². The fourth-order valence-corrected chi connectivity index (χ4v) is 4.27. The average molecular weight is 304 g/mol. The highest BCUT2D eigenvalue weighted by Crippen LogP contribution is 2.51. The van der Waals surface area contributed by atoms with Crippen LogP contribution in [0.5, 0.6) is 0 Å². The first-order valence-corrected chi connectivity index (χ1v) is 9.36. The number of nitrogens with one attached hydrogen (secondary N) is 2. The summed E-state index contributed by atoms with van der Waals surface area (Å²) in [6, 6.07) is 0.496. The van der Waals surface area contributed by atoms with Crippen LogP contribution in [0.2, 0.25) is 0 Å². The molecule has 0 aromatic carbocycles. The first-order chi connectivity index (χ1) is 9.38. The van der Waals surface area contributed by atoms with E-state index >= 15 is 0 Å². The van der Waals surface area contributed by atoms with Gasteiger partial charge in [-0.15, -0.1) is 0 Å². The highest BCUT2D eigenvalue weighted by molar-refractivity contribution is 7.89. The molecule has 1 aliphatic heterocycles. The van der Waals surface area contributed by atoms with Gasteiger partial charge in [0.05, 0.1) is 11.9 Å². The Balaban J connectivity index is 1.69. The van der Waals surface area contributed by atoms with E-state index in [1.165, 1.54) is 6.42 Å². The van der Waals surface area contributed by atoms with E-state index in [1.807, 2.05) is 0 Å². The molecule has 0 aromatic heterocycles. The summed E-state index contributed by atoms with van der Waals surface area (Å²) in [7, 11) is -3.05. The predicted octanol–water partition coefficient (Wildman–Crippen LogP) is 1.11. The van der Waals surface area contributed by atoms with Gasteiger partial charge in [0, 0.05) is 30.5 Å². The molecule has 2 fully saturated rings. The van der Waals surface area contributed by atoms with Gasteiger partial charge in [-0.1, -0.05) is 13.8 Å². The second kappa shape index (κ2) is 6.30. The van der Waals surface area contributed by atoms with Crippen molar-refractivity contribution in [1.82, 2.24) is 10.0 Å². The molecule has 6 heteroatoms. The summed E-state index contributed by atoms with van der Waals surface area (Å²) in [5.41, 5.74) is 0.189. The second-order valence-corrected chi connectivity index (χ2v) is 8.60. The molecule has 0 amide bonds. The summed E-state index contributed by atoms with van der Waals surface area (Å²) >= 11 is 0. The van der Waals surface area contributed by atoms with Crippen molar-refractivity contribution < 1.29 is 13.2 Å². The van der Waals surface area contributed by atoms with Crippen molar-refractivity contribution in [2.45, 2.75) is 52.2 Å². The standard InChI is InChI=1S/C14H28N2O3S/c1-4-20(17,18)16-9-6-8-15-12-11-7-5-10-19-13(11)14(12,2)3/h11-13,15-16H,4-10H2,1-3H3/t11-,12-,13-/m1/s1. The molecule has 0 unspecified atom stereocenters. The number of ether oxygens (including phenoxy) is 1. The molecule has 2 aliphatic rings. The van der Waals surface area contributed by atoms with Gasteiger partial charge in [-0.05, 0) is 32.7 Å². The van der Waals surface area contributed by atoms with Crippen molar-refractivity contribution in [2.24, 2.45) is 11.3 Å². The third kappa shape index (κ3) is 3.35. The van der Waals surface area contributed by atoms with Gasteiger partial charge in [-0.25, -0.2) is 13.1 Å². The smallest absolute Gasteiger partial charge is 0.211 e. The molecule has 1 heterocycles. The lowest BCUT2D eigenvalue weighted by Gasteiger charge is -2.60. The summed E-state index contributed by atoms with van der Waals surface area (Å²) in [6.45, 7) is 8.44. The Labute approximate surface area is 122 Å². The zero-order valence-corrected chi connectivity index (χ0v) is 13.6. The van der Waals surface area contributed by atoms with Gasteiger partial charge in [-0.2, -0.15) is 0 Å². The van der Waals surface area contributed by atoms with E-state index in [1.54, 1.807) is 6.92 Å². The maximum atomic E-state index is 11.3. The van der Waals surface area contributed by atoms with Crippen molar-refractivity contribution >= 4 is 10.0 Å². The van der Waals surface area contributed by atoms with Crippen LogP contribution in [-0.2, 0) is 14.8 Å². The number of hydrogen-bond acceptors (Lipinski definition) is 4. The Kier molecular flexibility index (Phi) is 5.10. The van der Waals surface area contributed by atoms with E-state index in [4.69, 9.17) is 4.74 Å². The van der Waals surface area contributed by atoms with Crippen molar-refractivity contribution in [2.75, 3.05) is 25.4 Å². The lowest BCUT2D eigenvalue weighted by atomic mass is 9.55. The molecule has 0 bridgehead atoms. The first-order valence-electron chi connectivity index (χ1n) is 7.71. The monoisotopic (exact) mass is 304 g/mol. The molecule has 1 saturated heterocycles. The highest BCUT2D eigenvalue weighted by Gasteiger charge is 2.57. The Hall–Kier alpha value is -0.170. The fraction of sp³-hybridized carbons (Fsp3) is 1.00. The van der Waals surface area contributed by atoms with Crippen molar-refractivity contribution in [3.05, 3.63) is 0 Å². The average Bonchev–Trinajstić information content (AvgIpc) is 2.42. The van der Waals surface area contributed by atoms with Crippen molar-refractivity contribution in [3.63, 3.8) is 0 Å². The van der Waals surface area contributed by atoms with Crippen LogP contribution in [0.25, 0.3) is 0 Å². The minimum atomic E-state index is -3.05. The summed E-state index contributed by atoms with van der Waals surface area (Å²) in [5.74, 6) is 0.781. The molecule has 20 heavy (non-hydrogen) atoms. The minimum Gasteiger partial charge on any atom is -0.377 e. The van der Waals surface area contributed by atoms with Gasteiger partial charge in [0.25, 0.3) is 0 Å². The Morgan fingerprint density at radius 2 is 2.05 bits per heavy atom. The molecular weight excluding hydrogens is 276 g/mol. The normalized spacial score (nSPS) is 32.5. The van der Waals surface area contributed by atoms with Crippen LogP contribution in [0.3, 0.4) is 0 Å². The number of hydrogen-bond donors (Lipinski definition) is 2. The van der Waals surface area contributed by atoms with E-state index in [9.17, 15) is 8.42 Å². The second-order valence-electron chi connectivity index (χ2n) is 6.50. The number of fused-ring (bicyclic) bond motifs is 1. The van der Waals surface area contributed by atoms with Crippen molar-refractivity contribution in [1.29, 1.82) is 0 Å². The molecule has 5 nitrogen and oxygen atoms in total. The first kappa shape index (κ1) is 16.2. The van der Waals surface area contributed by atoms with Gasteiger partial charge in [-0.3, -0.25) is 0 Å². The van der Waals surface area contributed by atoms with Crippen molar-refractivity contribution in [3.8, 4) is 0 Å². The Morgan fingerprint density at radius 3 is 2.75 bits per heavy atom. The van der Waals surface area contributed by atoms with Crippen LogP contribution < -0.4 is 10.0 Å². The van der Waals surface area contributed by atoms with E-state index in [-0.39, 0.29) is 11.2 Å². The molecule has 0 radical (unpaired) electrons. The quantitative estimate of drug-likeness (QED) is 0.692. The van der Waals surface area contributed by atoms with Gasteiger partial charge in [0.2, 0.25) is 10.0 Å². The molecule has 1 aliphatic carbocycles. The van der Waals surface area contributed by atoms with Gasteiger partial charge in [0.15, 0.2) is 0 Å². The lowest BCUT2D eigenvalue weighted by molar-refractivity contribution is -0.192. The predicted molar refractivity (Wildman–Crippen MR) is 80.1 cm³/mol. The molecule has 2 rings (SSSR count). The van der Waals surface area contributed by atoms with Gasteiger partial charge < -0.3 is 10.1 Å². The molecular formula is C14H28N2O3S. The molecule has 2 N–H and O–H groups in total. The van der Waals surface area contributed by atoms with E-state index < -0.39 is 10.0 Å². The lowest BCUT2D eigenvalue weighted by Crippen LogP contribution is -2.69. The molecule has 0 spiro atoms. The van der Waals surface area contributed by atoms with Crippen LogP contribution in [0.1, 0.15) is 40.0 Å². The third-order valence-corrected chi connectivity index (χ3v) is 6.15. The van der Waals surface area contributed by atoms with E-state index in [2.05, 4.69) is 23.9 Å². The summed E-state index contributed by atoms with van der Waals surface area (Å²) in [6.07, 6.45) is 3.62. The van der Waals surface area contributed by atoms with Crippen LogP contribution in [0.4, 0.5) is 0 Å². The summed E-state index contributed by atoms with van der Waals surface area (Å²) in [5, 5.41) is 3.60. The highest BCUT2D eigenvalue weighted by atomic mass is 32.2. The van der Waals surface area contributed by atoms with Gasteiger partial charge >= 0.3 is 0 Å². The number of sulfonamides is 1. The van der Waals surface area contributed by atoms with Crippen LogP contribution in [0, 0.1) is 11.3 Å². The van der Waals surface area contributed by atoms with Crippen LogP contribution >= 0.6 is 0 Å². The largest absolute Gasteiger partial charge is 0.377 e. The Morgan fingerprint density at radius 1 is 1.30 bits per heavy atom. The third-order valence-electron chi connectivity index (χ3n) is 4.75. The van der Waals surface area contributed by atoms with E-state index in [0.29, 0.717) is 24.6 Å². The maximum absolute atomic E-state index is 11.3. The van der Waals surface area contributed by atoms with E-state index in [0.717, 1.165) is 26.0 Å². The minimum absolute atomic E-state index is 0.150. The van der Waals surface area contributed by atoms with Gasteiger partial charge in [0.1, 0.15) is 0 Å². The zero-order chi connectivity index (χ0) is 14.8.